The van der Waals surface area contributed by atoms with Crippen LogP contribution < -0.4 is 0 Å². The molecule has 8 bridgehead atoms. The Kier molecular flexibility index (Phi) is 9.87. The van der Waals surface area contributed by atoms with Crippen LogP contribution in [0.3, 0.4) is 0 Å². The van der Waals surface area contributed by atoms with Crippen molar-refractivity contribution in [3.05, 3.63) is 280 Å². The number of hydrogen-bond acceptors (Lipinski definition) is 2. The molecule has 0 saturated carbocycles. The molecule has 4 aliphatic carbocycles. The van der Waals surface area contributed by atoms with E-state index in [0.29, 0.717) is 0 Å². The van der Waals surface area contributed by atoms with Crippen molar-refractivity contribution >= 4 is 22.7 Å². The highest BCUT2D eigenvalue weighted by atomic mass is 32.1. The van der Waals surface area contributed by atoms with Gasteiger partial charge in [-0.1, -0.05) is 192 Å². The summed E-state index contributed by atoms with van der Waals surface area (Å²) in [6.07, 6.45) is 0. The maximum Gasteiger partial charge on any atom is 0.0440 e. The number of rotatable bonds is 4. The van der Waals surface area contributed by atoms with E-state index < -0.39 is 0 Å². The Hall–Kier alpha value is -6.32. The molecule has 0 unspecified atom stereocenters. The number of thiophene rings is 2. The summed E-state index contributed by atoms with van der Waals surface area (Å²) in [6.45, 7) is 8.77. The third-order valence-electron chi connectivity index (χ3n) is 13.3. The largest absolute Gasteiger partial charge is 0.143 e. The van der Waals surface area contributed by atoms with Gasteiger partial charge in [-0.25, -0.2) is 0 Å². The maximum atomic E-state index is 2.58. The van der Waals surface area contributed by atoms with Crippen LogP contribution in [0.25, 0.3) is 22.3 Å². The molecule has 0 amide bonds. The Balaban J connectivity index is 1.26. The van der Waals surface area contributed by atoms with Crippen molar-refractivity contribution in [3.63, 3.8) is 0 Å². The zero-order valence-corrected chi connectivity index (χ0v) is 37.2. The summed E-state index contributed by atoms with van der Waals surface area (Å²) in [5, 5.41) is 0. The van der Waals surface area contributed by atoms with Crippen molar-refractivity contribution in [1.82, 2.24) is 0 Å². The number of hydrogen-bond donors (Lipinski definition) is 0. The average molecular weight is 833 g/mol. The molecule has 2 heteroatoms. The summed E-state index contributed by atoms with van der Waals surface area (Å²) in [7, 11) is 0. The second-order valence-corrected chi connectivity index (χ2v) is 19.7. The smallest absolute Gasteiger partial charge is 0.0440 e. The molecule has 4 atom stereocenters. The Morgan fingerprint density at radius 3 is 0.710 bits per heavy atom. The van der Waals surface area contributed by atoms with Gasteiger partial charge in [-0.3, -0.25) is 0 Å². The monoisotopic (exact) mass is 832 g/mol. The molecule has 300 valence electrons. The van der Waals surface area contributed by atoms with E-state index in [1.54, 1.807) is 0 Å². The van der Waals surface area contributed by atoms with Crippen molar-refractivity contribution in [2.24, 2.45) is 0 Å². The van der Waals surface area contributed by atoms with E-state index in [2.05, 4.69) is 222 Å². The lowest BCUT2D eigenvalue weighted by Crippen LogP contribution is -2.03. The van der Waals surface area contributed by atoms with Gasteiger partial charge in [0.15, 0.2) is 0 Å². The highest BCUT2D eigenvalue weighted by Crippen LogP contribution is 2.54. The summed E-state index contributed by atoms with van der Waals surface area (Å²) in [6, 6.07) is 74.9. The Morgan fingerprint density at radius 1 is 0.258 bits per heavy atom. The van der Waals surface area contributed by atoms with Gasteiger partial charge in [-0.15, -0.1) is 22.7 Å². The first-order valence-corrected chi connectivity index (χ1v) is 23.5. The minimum atomic E-state index is 0.0489. The zero-order valence-electron chi connectivity index (χ0n) is 35.6. The fourth-order valence-corrected chi connectivity index (χ4v) is 12.7. The summed E-state index contributed by atoms with van der Waals surface area (Å²) < 4.78 is 0. The van der Waals surface area contributed by atoms with Crippen LogP contribution in [0.1, 0.15) is 110 Å². The first kappa shape index (κ1) is 38.6. The van der Waals surface area contributed by atoms with Gasteiger partial charge >= 0.3 is 0 Å². The van der Waals surface area contributed by atoms with E-state index in [1.165, 1.54) is 109 Å². The van der Waals surface area contributed by atoms with E-state index in [4.69, 9.17) is 0 Å². The summed E-state index contributed by atoms with van der Waals surface area (Å²) in [5.41, 5.74) is 21.1. The van der Waals surface area contributed by atoms with Gasteiger partial charge in [-0.2, -0.15) is 0 Å². The first-order valence-electron chi connectivity index (χ1n) is 21.9. The van der Waals surface area contributed by atoms with Crippen molar-refractivity contribution in [3.8, 4) is 22.3 Å². The molecule has 1 aliphatic heterocycles. The molecule has 0 fully saturated rings. The predicted molar refractivity (Wildman–Crippen MR) is 263 cm³/mol. The first-order chi connectivity index (χ1) is 30.4. The van der Waals surface area contributed by atoms with Gasteiger partial charge in [0.05, 0.1) is 0 Å². The van der Waals surface area contributed by atoms with Crippen LogP contribution in [0.5, 0.6) is 0 Å². The highest BCUT2D eigenvalue weighted by molar-refractivity contribution is 7.12. The molecular weight excluding hydrogens is 785 g/mol. The van der Waals surface area contributed by atoms with E-state index in [0.717, 1.165) is 0 Å². The van der Waals surface area contributed by atoms with E-state index in [1.807, 2.05) is 22.7 Å². The van der Waals surface area contributed by atoms with Crippen LogP contribution in [0, 0.1) is 27.7 Å². The Labute approximate surface area is 374 Å². The third kappa shape index (κ3) is 6.83. The standard InChI is InChI=1S/C60H48S2/c1-37-15-23-41(24-16-37)57-49-35-50(46-12-8-5-7-11-45(46)49)58(42-25-17-38(2)18-26-42)55-33-34-56(62-55)60(44-29-21-40(4)22-30-44)52-36-51(47-13-9-6-10-14-48(47)52)59(54-32-31-53(57)61-54)43-27-19-39(3)20-28-43/h5-36,57-60H,1-4H3/t57-,58+,59+,60-. The predicted octanol–water partition coefficient (Wildman–Crippen LogP) is 16.3. The van der Waals surface area contributed by atoms with Gasteiger partial charge in [0.1, 0.15) is 0 Å². The molecule has 62 heavy (non-hydrogen) atoms. The minimum Gasteiger partial charge on any atom is -0.143 e. The molecule has 0 nitrogen and oxygen atoms in total. The Morgan fingerprint density at radius 2 is 0.484 bits per heavy atom. The van der Waals surface area contributed by atoms with Crippen molar-refractivity contribution in [2.45, 2.75) is 51.4 Å². The highest BCUT2D eigenvalue weighted by Gasteiger charge is 2.35. The van der Waals surface area contributed by atoms with E-state index >= 15 is 0 Å². The molecule has 0 N–H and O–H groups in total. The molecule has 0 radical (unpaired) electrons. The van der Waals surface area contributed by atoms with Crippen LogP contribution in [0.4, 0.5) is 0 Å². The van der Waals surface area contributed by atoms with Gasteiger partial charge in [0.25, 0.3) is 0 Å². The second kappa shape index (κ2) is 15.9. The fourth-order valence-electron chi connectivity index (χ4n) is 10.1. The van der Waals surface area contributed by atoms with Gasteiger partial charge in [-0.05, 0) is 119 Å². The van der Waals surface area contributed by atoms with Crippen LogP contribution in [0.2, 0.25) is 0 Å². The topological polar surface area (TPSA) is 0 Å². The normalized spacial score (nSPS) is 17.4. The second-order valence-electron chi connectivity index (χ2n) is 17.4. The average Bonchev–Trinajstić information content (AvgIpc) is 4.02. The molecule has 0 saturated heterocycles. The van der Waals surface area contributed by atoms with Crippen molar-refractivity contribution in [1.29, 1.82) is 0 Å². The lowest BCUT2D eigenvalue weighted by Gasteiger charge is -2.20. The lowest BCUT2D eigenvalue weighted by atomic mass is 9.87. The van der Waals surface area contributed by atoms with Gasteiger partial charge < -0.3 is 0 Å². The molecular formula is C60H48S2. The lowest BCUT2D eigenvalue weighted by molar-refractivity contribution is 0.991. The molecule has 4 aromatic carbocycles. The summed E-state index contributed by atoms with van der Waals surface area (Å²) in [4.78, 5) is 5.45. The molecule has 5 aliphatic rings. The molecule has 11 rings (SSSR count). The van der Waals surface area contributed by atoms with E-state index in [-0.39, 0.29) is 23.7 Å². The molecule has 6 aromatic rings. The van der Waals surface area contributed by atoms with Gasteiger partial charge in [0, 0.05) is 43.2 Å². The molecule has 2 aromatic heterocycles. The molecule has 0 spiro atoms. The minimum absolute atomic E-state index is 0.0489. The van der Waals surface area contributed by atoms with Gasteiger partial charge in [0.2, 0.25) is 0 Å². The van der Waals surface area contributed by atoms with Crippen molar-refractivity contribution in [2.75, 3.05) is 0 Å². The van der Waals surface area contributed by atoms with Crippen molar-refractivity contribution < 1.29 is 0 Å². The van der Waals surface area contributed by atoms with Crippen LogP contribution >= 0.6 is 22.7 Å². The number of benzene rings is 4. The SMILES string of the molecule is Cc1ccc([C@@H]2c3ccc(s3)[C@H](c3ccc(C)cc3)c3cc(c4cccccc3-4)[C@H](c3ccc(C)cc3)c3ccc(s3)[C@H](c3ccc(C)cc3)c3cc2c2cccccc3-2)cc1. The summed E-state index contributed by atoms with van der Waals surface area (Å²) in [5.74, 6) is 0.196. The van der Waals surface area contributed by atoms with Crippen LogP contribution in [-0.2, 0) is 0 Å². The number of aryl methyl sites for hydroxylation is 4. The molecule has 3 heterocycles. The maximum absolute atomic E-state index is 2.58. The quantitative estimate of drug-likeness (QED) is 0.166. The number of fused-ring (bicyclic) bond motifs is 14. The fraction of sp³-hybridized carbons (Fsp3) is 0.133. The summed E-state index contributed by atoms with van der Waals surface area (Å²) >= 11 is 3.97. The Bertz CT molecular complexity index is 2690. The third-order valence-corrected chi connectivity index (χ3v) is 15.7. The van der Waals surface area contributed by atoms with Crippen LogP contribution in [0.15, 0.2) is 194 Å². The van der Waals surface area contributed by atoms with E-state index in [9.17, 15) is 0 Å². The zero-order chi connectivity index (χ0) is 41.9. The van der Waals surface area contributed by atoms with Crippen LogP contribution in [-0.4, -0.2) is 0 Å².